The van der Waals surface area contributed by atoms with Crippen LogP contribution in [0.4, 0.5) is 0 Å². The van der Waals surface area contributed by atoms with Gasteiger partial charge >= 0.3 is 0 Å². The molecule has 1 N–H and O–H groups in total. The quantitative estimate of drug-likeness (QED) is 0.926. The predicted octanol–water partition coefficient (Wildman–Crippen LogP) is 1.99. The first kappa shape index (κ1) is 17.2. The minimum Gasteiger partial charge on any atom is -0.348 e. The summed E-state index contributed by atoms with van der Waals surface area (Å²) in [5.74, 6) is -0.0525. The molecule has 1 amide bonds. The second-order valence-corrected chi connectivity index (χ2v) is 6.63. The maximum Gasteiger partial charge on any atom is 0.269 e. The lowest BCUT2D eigenvalue weighted by atomic mass is 10.0. The van der Waals surface area contributed by atoms with Crippen LogP contribution < -0.4 is 5.32 Å². The first-order chi connectivity index (χ1) is 12.0. The highest BCUT2D eigenvalue weighted by Crippen LogP contribution is 2.15. The van der Waals surface area contributed by atoms with Crippen LogP contribution >= 0.6 is 0 Å². The van der Waals surface area contributed by atoms with E-state index in [1.165, 1.54) is 0 Å². The predicted molar refractivity (Wildman–Crippen MR) is 94.9 cm³/mol. The highest BCUT2D eigenvalue weighted by Gasteiger charge is 2.22. The summed E-state index contributed by atoms with van der Waals surface area (Å²) >= 11 is 0. The molecular formula is C19H23N5O. The fourth-order valence-corrected chi connectivity index (χ4v) is 3.32. The van der Waals surface area contributed by atoms with E-state index in [1.54, 1.807) is 11.7 Å². The van der Waals surface area contributed by atoms with Gasteiger partial charge in [0.25, 0.3) is 5.91 Å². The molecule has 0 unspecified atom stereocenters. The van der Waals surface area contributed by atoms with Gasteiger partial charge < -0.3 is 5.32 Å². The van der Waals surface area contributed by atoms with Crippen molar-refractivity contribution in [1.29, 1.82) is 5.26 Å². The number of benzene rings is 1. The summed E-state index contributed by atoms with van der Waals surface area (Å²) in [4.78, 5) is 14.7. The van der Waals surface area contributed by atoms with Crippen LogP contribution in [0.2, 0.25) is 0 Å². The van der Waals surface area contributed by atoms with Crippen molar-refractivity contribution >= 4 is 5.91 Å². The smallest absolute Gasteiger partial charge is 0.269 e. The van der Waals surface area contributed by atoms with Crippen LogP contribution in [0.15, 0.2) is 30.3 Å². The number of aromatic nitrogens is 2. The maximum absolute atomic E-state index is 12.4. The minimum atomic E-state index is -0.0525. The average Bonchev–Trinajstić information content (AvgIpc) is 2.95. The summed E-state index contributed by atoms with van der Waals surface area (Å²) in [6, 6.07) is 11.9. The number of aryl methyl sites for hydroxylation is 2. The lowest BCUT2D eigenvalue weighted by Gasteiger charge is -2.32. The van der Waals surface area contributed by atoms with Crippen LogP contribution in [-0.4, -0.2) is 39.7 Å². The third kappa shape index (κ3) is 4.25. The first-order valence-corrected chi connectivity index (χ1v) is 8.58. The number of amides is 1. The van der Waals surface area contributed by atoms with Gasteiger partial charge in [-0.05, 0) is 43.5 Å². The summed E-state index contributed by atoms with van der Waals surface area (Å²) in [5.41, 5.74) is 3.31. The first-order valence-electron chi connectivity index (χ1n) is 8.58. The van der Waals surface area contributed by atoms with E-state index in [0.717, 1.165) is 43.7 Å². The molecule has 1 saturated heterocycles. The van der Waals surface area contributed by atoms with Gasteiger partial charge in [0.2, 0.25) is 0 Å². The Hall–Kier alpha value is -2.65. The van der Waals surface area contributed by atoms with Gasteiger partial charge in [-0.2, -0.15) is 10.4 Å². The summed E-state index contributed by atoms with van der Waals surface area (Å²) in [6.45, 7) is 4.60. The zero-order chi connectivity index (χ0) is 17.8. The third-order valence-corrected chi connectivity index (χ3v) is 4.62. The molecule has 2 aromatic rings. The molecule has 1 aliphatic rings. The molecule has 130 valence electrons. The number of rotatable bonds is 4. The SMILES string of the molecule is Cc1cc(C(=O)NC2CCN(Cc3cccc(C#N)c3)CC2)n(C)n1. The Bertz CT molecular complexity index is 796. The number of hydrogen-bond acceptors (Lipinski definition) is 4. The molecule has 0 saturated carbocycles. The Labute approximate surface area is 148 Å². The van der Waals surface area contributed by atoms with Crippen LogP contribution in [0.3, 0.4) is 0 Å². The van der Waals surface area contributed by atoms with Crippen molar-refractivity contribution in [2.45, 2.75) is 32.4 Å². The standard InChI is InChI=1S/C19H23N5O/c1-14-10-18(23(2)22-14)19(25)21-17-6-8-24(9-7-17)13-16-5-3-4-15(11-16)12-20/h3-5,10-11,17H,6-9,13H2,1-2H3,(H,21,25). The molecule has 1 aliphatic heterocycles. The number of nitrogens with one attached hydrogen (secondary N) is 1. The van der Waals surface area contributed by atoms with E-state index in [9.17, 15) is 4.79 Å². The monoisotopic (exact) mass is 337 g/mol. The van der Waals surface area contributed by atoms with Gasteiger partial charge in [0.05, 0.1) is 17.3 Å². The second-order valence-electron chi connectivity index (χ2n) is 6.63. The maximum atomic E-state index is 12.4. The van der Waals surface area contributed by atoms with Crippen molar-refractivity contribution in [3.05, 3.63) is 52.8 Å². The van der Waals surface area contributed by atoms with Gasteiger partial charge in [-0.3, -0.25) is 14.4 Å². The average molecular weight is 337 g/mol. The van der Waals surface area contributed by atoms with Gasteiger partial charge in [0, 0.05) is 32.7 Å². The van der Waals surface area contributed by atoms with Gasteiger partial charge in [0.1, 0.15) is 5.69 Å². The van der Waals surface area contributed by atoms with Gasteiger partial charge in [-0.1, -0.05) is 12.1 Å². The number of hydrogen-bond donors (Lipinski definition) is 1. The minimum absolute atomic E-state index is 0.0525. The summed E-state index contributed by atoms with van der Waals surface area (Å²) in [6.07, 6.45) is 1.86. The van der Waals surface area contributed by atoms with Crippen LogP contribution in [0.25, 0.3) is 0 Å². The number of carbonyl (C=O) groups excluding carboxylic acids is 1. The van der Waals surface area contributed by atoms with Crippen LogP contribution in [-0.2, 0) is 13.6 Å². The molecule has 0 aliphatic carbocycles. The zero-order valence-corrected chi connectivity index (χ0v) is 14.7. The number of nitrogens with zero attached hydrogens (tertiary/aromatic N) is 4. The summed E-state index contributed by atoms with van der Waals surface area (Å²) < 4.78 is 1.63. The molecule has 1 fully saturated rings. The van der Waals surface area contributed by atoms with Crippen molar-refractivity contribution in [3.8, 4) is 6.07 Å². The Kier molecular flexibility index (Phi) is 5.15. The van der Waals surface area contributed by atoms with Crippen molar-refractivity contribution in [2.75, 3.05) is 13.1 Å². The molecule has 3 rings (SSSR count). The molecule has 2 heterocycles. The lowest BCUT2D eigenvalue weighted by Crippen LogP contribution is -2.44. The number of nitriles is 1. The van der Waals surface area contributed by atoms with Gasteiger partial charge in [0.15, 0.2) is 0 Å². The van der Waals surface area contributed by atoms with Gasteiger partial charge in [-0.25, -0.2) is 0 Å². The molecule has 0 radical (unpaired) electrons. The van der Waals surface area contributed by atoms with E-state index in [2.05, 4.69) is 27.5 Å². The van der Waals surface area contributed by atoms with Crippen molar-refractivity contribution < 1.29 is 4.79 Å². The Morgan fingerprint density at radius 2 is 2.12 bits per heavy atom. The highest BCUT2D eigenvalue weighted by molar-refractivity contribution is 5.92. The Morgan fingerprint density at radius 3 is 2.76 bits per heavy atom. The van der Waals surface area contributed by atoms with Crippen molar-refractivity contribution in [1.82, 2.24) is 20.0 Å². The van der Waals surface area contributed by atoms with E-state index in [0.29, 0.717) is 11.3 Å². The normalized spacial score (nSPS) is 15.7. The Morgan fingerprint density at radius 1 is 1.36 bits per heavy atom. The molecule has 6 heteroatoms. The molecule has 0 atom stereocenters. The third-order valence-electron chi connectivity index (χ3n) is 4.62. The molecule has 0 bridgehead atoms. The number of piperidine rings is 1. The lowest BCUT2D eigenvalue weighted by molar-refractivity contribution is 0.0899. The molecule has 1 aromatic heterocycles. The van der Waals surface area contributed by atoms with E-state index < -0.39 is 0 Å². The zero-order valence-electron chi connectivity index (χ0n) is 14.7. The van der Waals surface area contributed by atoms with E-state index in [1.807, 2.05) is 31.2 Å². The second kappa shape index (κ2) is 7.49. The Balaban J connectivity index is 1.51. The van der Waals surface area contributed by atoms with E-state index >= 15 is 0 Å². The number of likely N-dealkylation sites (tertiary alicyclic amines) is 1. The van der Waals surface area contributed by atoms with Gasteiger partial charge in [-0.15, -0.1) is 0 Å². The van der Waals surface area contributed by atoms with Crippen LogP contribution in [0.5, 0.6) is 0 Å². The van der Waals surface area contributed by atoms with Crippen LogP contribution in [0, 0.1) is 18.3 Å². The van der Waals surface area contributed by atoms with E-state index in [4.69, 9.17) is 5.26 Å². The molecule has 0 spiro atoms. The van der Waals surface area contributed by atoms with Crippen LogP contribution in [0.1, 0.15) is 40.2 Å². The molecule has 6 nitrogen and oxygen atoms in total. The molecule has 1 aromatic carbocycles. The molecular weight excluding hydrogens is 314 g/mol. The number of carbonyl (C=O) groups is 1. The fourth-order valence-electron chi connectivity index (χ4n) is 3.32. The van der Waals surface area contributed by atoms with E-state index in [-0.39, 0.29) is 11.9 Å². The largest absolute Gasteiger partial charge is 0.348 e. The highest BCUT2D eigenvalue weighted by atomic mass is 16.2. The summed E-state index contributed by atoms with van der Waals surface area (Å²) in [5, 5.41) is 16.3. The fraction of sp³-hybridized carbons (Fsp3) is 0.421. The molecule has 25 heavy (non-hydrogen) atoms. The van der Waals surface area contributed by atoms with Crippen molar-refractivity contribution in [2.24, 2.45) is 7.05 Å². The summed E-state index contributed by atoms with van der Waals surface area (Å²) in [7, 11) is 1.79. The van der Waals surface area contributed by atoms with Crippen molar-refractivity contribution in [3.63, 3.8) is 0 Å². The topological polar surface area (TPSA) is 74.0 Å².